The van der Waals surface area contributed by atoms with Crippen molar-refractivity contribution in [2.45, 2.75) is 111 Å². The molecule has 0 aliphatic heterocycles. The number of hydrogen-bond donors (Lipinski definition) is 2. The first kappa shape index (κ1) is 22.8. The first-order valence-electron chi connectivity index (χ1n) is 13.0. The number of carbonyl (C=O) groups excluding carboxylic acids is 1. The molecule has 4 aliphatic rings. The molecule has 0 saturated heterocycles. The molecule has 4 rings (SSSR count). The summed E-state index contributed by atoms with van der Waals surface area (Å²) in [5.41, 5.74) is 0.0914. The minimum atomic E-state index is -1.58. The maximum Gasteiger partial charge on any atom is 0.166 e. The van der Waals surface area contributed by atoms with Gasteiger partial charge in [-0.1, -0.05) is 66.7 Å². The van der Waals surface area contributed by atoms with E-state index in [0.717, 1.165) is 25.7 Å². The second-order valence-electron chi connectivity index (χ2n) is 12.8. The molecule has 4 fully saturated rings. The summed E-state index contributed by atoms with van der Waals surface area (Å²) in [5, 5.41) is 22.5. The van der Waals surface area contributed by atoms with E-state index in [1.807, 2.05) is 0 Å². The van der Waals surface area contributed by atoms with Crippen LogP contribution >= 0.6 is 0 Å². The molecule has 3 nitrogen and oxygen atoms in total. The van der Waals surface area contributed by atoms with Gasteiger partial charge >= 0.3 is 0 Å². The quantitative estimate of drug-likeness (QED) is 0.541. The van der Waals surface area contributed by atoms with Crippen molar-refractivity contribution < 1.29 is 15.0 Å². The Labute approximate surface area is 184 Å². The summed E-state index contributed by atoms with van der Waals surface area (Å²) in [6.45, 7) is 11.5. The number of hydrogen-bond acceptors (Lipinski definition) is 3. The van der Waals surface area contributed by atoms with Crippen molar-refractivity contribution in [1.29, 1.82) is 0 Å². The zero-order chi connectivity index (χ0) is 21.9. The molecule has 30 heavy (non-hydrogen) atoms. The predicted molar refractivity (Wildman–Crippen MR) is 121 cm³/mol. The van der Waals surface area contributed by atoms with Crippen LogP contribution in [0.4, 0.5) is 0 Å². The predicted octanol–water partition coefficient (Wildman–Crippen LogP) is 5.97. The Balaban J connectivity index is 1.59. The average Bonchev–Trinajstić information content (AvgIpc) is 2.86. The maximum atomic E-state index is 13.2. The van der Waals surface area contributed by atoms with E-state index < -0.39 is 5.79 Å². The second-order valence-corrected chi connectivity index (χ2v) is 12.8. The Bertz CT molecular complexity index is 654. The third kappa shape index (κ3) is 3.51. The standard InChI is InChI=1S/C27H46O3/c1-17(2)9-8-10-18(3)24-26(5)14-12-20-19(22(26)16-27(24,29)30)15-23(28)21-11-6-7-13-25(20,21)4/h17-22,24,29-30H,6-16H2,1-5H3/t18-,19-,20+,21?,22+,24-,25-,26+/m1/s1. The number of rotatable bonds is 5. The van der Waals surface area contributed by atoms with Crippen LogP contribution in [0.1, 0.15) is 105 Å². The summed E-state index contributed by atoms with van der Waals surface area (Å²) in [7, 11) is 0. The summed E-state index contributed by atoms with van der Waals surface area (Å²) < 4.78 is 0. The fourth-order valence-electron chi connectivity index (χ4n) is 9.31. The van der Waals surface area contributed by atoms with Crippen molar-refractivity contribution in [3.05, 3.63) is 0 Å². The fraction of sp³-hybridized carbons (Fsp3) is 0.963. The lowest BCUT2D eigenvalue weighted by molar-refractivity contribution is -0.210. The van der Waals surface area contributed by atoms with Gasteiger partial charge in [-0.2, -0.15) is 0 Å². The summed E-state index contributed by atoms with van der Waals surface area (Å²) in [5.74, 6) is 1.30. The van der Waals surface area contributed by atoms with Crippen molar-refractivity contribution in [3.63, 3.8) is 0 Å². The van der Waals surface area contributed by atoms with Gasteiger partial charge in [-0.15, -0.1) is 0 Å². The monoisotopic (exact) mass is 418 g/mol. The molecule has 0 aromatic rings. The van der Waals surface area contributed by atoms with E-state index in [2.05, 4.69) is 34.6 Å². The van der Waals surface area contributed by atoms with Crippen LogP contribution in [0.2, 0.25) is 0 Å². The minimum Gasteiger partial charge on any atom is -0.365 e. The molecular weight excluding hydrogens is 372 g/mol. The van der Waals surface area contributed by atoms with Crippen molar-refractivity contribution in [1.82, 2.24) is 0 Å². The first-order chi connectivity index (χ1) is 14.0. The van der Waals surface area contributed by atoms with Crippen LogP contribution in [0.25, 0.3) is 0 Å². The Kier molecular flexibility index (Phi) is 5.97. The Morgan fingerprint density at radius 1 is 0.967 bits per heavy atom. The van der Waals surface area contributed by atoms with Gasteiger partial charge in [0, 0.05) is 24.7 Å². The topological polar surface area (TPSA) is 57.5 Å². The zero-order valence-corrected chi connectivity index (χ0v) is 20.1. The van der Waals surface area contributed by atoms with Crippen LogP contribution in [0, 0.1) is 52.3 Å². The average molecular weight is 419 g/mol. The van der Waals surface area contributed by atoms with Crippen LogP contribution in [-0.2, 0) is 4.79 Å². The summed E-state index contributed by atoms with van der Waals surface area (Å²) >= 11 is 0. The van der Waals surface area contributed by atoms with E-state index in [9.17, 15) is 15.0 Å². The smallest absolute Gasteiger partial charge is 0.166 e. The third-order valence-corrected chi connectivity index (χ3v) is 10.5. The molecule has 0 spiro atoms. The van der Waals surface area contributed by atoms with Gasteiger partial charge in [0.05, 0.1) is 0 Å². The highest BCUT2D eigenvalue weighted by Crippen LogP contribution is 2.69. The summed E-state index contributed by atoms with van der Waals surface area (Å²) in [4.78, 5) is 13.2. The molecular formula is C27H46O3. The van der Waals surface area contributed by atoms with Gasteiger partial charge in [-0.3, -0.25) is 4.79 Å². The highest BCUT2D eigenvalue weighted by Gasteiger charge is 2.67. The van der Waals surface area contributed by atoms with Gasteiger partial charge in [-0.05, 0) is 66.1 Å². The molecule has 4 aliphatic carbocycles. The number of aliphatic hydroxyl groups is 2. The van der Waals surface area contributed by atoms with Crippen LogP contribution in [0.5, 0.6) is 0 Å². The largest absolute Gasteiger partial charge is 0.365 e. The lowest BCUT2D eigenvalue weighted by Gasteiger charge is -2.59. The summed E-state index contributed by atoms with van der Waals surface area (Å²) in [6, 6.07) is 0. The number of ketones is 1. The highest BCUT2D eigenvalue weighted by atomic mass is 16.5. The Hall–Kier alpha value is -0.410. The van der Waals surface area contributed by atoms with Gasteiger partial charge in [0.25, 0.3) is 0 Å². The minimum absolute atomic E-state index is 0.0555. The third-order valence-electron chi connectivity index (χ3n) is 10.5. The second kappa shape index (κ2) is 7.87. The van der Waals surface area contributed by atoms with Gasteiger partial charge in [0.1, 0.15) is 5.78 Å². The van der Waals surface area contributed by atoms with Crippen LogP contribution in [0.3, 0.4) is 0 Å². The molecule has 2 N–H and O–H groups in total. The summed E-state index contributed by atoms with van der Waals surface area (Å²) in [6.07, 6.45) is 11.6. The molecule has 1 unspecified atom stereocenters. The lowest BCUT2D eigenvalue weighted by atomic mass is 9.44. The van der Waals surface area contributed by atoms with Crippen molar-refractivity contribution in [3.8, 4) is 0 Å². The van der Waals surface area contributed by atoms with Gasteiger partial charge in [0.15, 0.2) is 5.79 Å². The molecule has 0 aromatic carbocycles. The van der Waals surface area contributed by atoms with Crippen LogP contribution in [-0.4, -0.2) is 21.8 Å². The maximum absolute atomic E-state index is 13.2. The molecule has 8 atom stereocenters. The fourth-order valence-corrected chi connectivity index (χ4v) is 9.31. The molecule has 0 amide bonds. The van der Waals surface area contributed by atoms with Gasteiger partial charge < -0.3 is 10.2 Å². The van der Waals surface area contributed by atoms with E-state index >= 15 is 0 Å². The molecule has 4 saturated carbocycles. The van der Waals surface area contributed by atoms with E-state index in [1.54, 1.807) is 0 Å². The molecule has 0 radical (unpaired) electrons. The van der Waals surface area contributed by atoms with Crippen molar-refractivity contribution >= 4 is 5.78 Å². The zero-order valence-electron chi connectivity index (χ0n) is 20.1. The molecule has 0 aromatic heterocycles. The molecule has 0 bridgehead atoms. The molecule has 172 valence electrons. The van der Waals surface area contributed by atoms with E-state index in [-0.39, 0.29) is 28.6 Å². The number of carbonyl (C=O) groups is 1. The molecule has 3 heteroatoms. The van der Waals surface area contributed by atoms with Crippen molar-refractivity contribution in [2.75, 3.05) is 0 Å². The molecule has 0 heterocycles. The van der Waals surface area contributed by atoms with Crippen LogP contribution in [0.15, 0.2) is 0 Å². The lowest BCUT2D eigenvalue weighted by Crippen LogP contribution is -2.56. The van der Waals surface area contributed by atoms with E-state index in [4.69, 9.17) is 0 Å². The number of fused-ring (bicyclic) bond motifs is 5. The first-order valence-corrected chi connectivity index (χ1v) is 13.0. The SMILES string of the molecule is CC(C)CCC[C@@H](C)[C@H]1C(O)(O)C[C@H]2[C@@H]3CC(=O)C4CCCC[C@]4(C)[C@H]3CC[C@@]21C. The highest BCUT2D eigenvalue weighted by molar-refractivity contribution is 5.83. The van der Waals surface area contributed by atoms with E-state index in [1.165, 1.54) is 32.1 Å². The van der Waals surface area contributed by atoms with E-state index in [0.29, 0.717) is 42.3 Å². The Morgan fingerprint density at radius 2 is 1.70 bits per heavy atom. The van der Waals surface area contributed by atoms with Gasteiger partial charge in [-0.25, -0.2) is 0 Å². The van der Waals surface area contributed by atoms with Crippen molar-refractivity contribution in [2.24, 2.45) is 52.3 Å². The van der Waals surface area contributed by atoms with Crippen LogP contribution < -0.4 is 0 Å². The number of Topliss-reactive ketones (excluding diaryl/α,β-unsaturated/α-hetero) is 1. The Morgan fingerprint density at radius 3 is 2.40 bits per heavy atom. The van der Waals surface area contributed by atoms with Gasteiger partial charge in [0.2, 0.25) is 0 Å². The normalized spacial score (nSPS) is 46.3.